The average molecular weight is 372 g/mol. The molecule has 0 saturated carbocycles. The first-order valence-electron chi connectivity index (χ1n) is 8.56. The van der Waals surface area contributed by atoms with Crippen molar-refractivity contribution in [3.05, 3.63) is 59.7 Å². The van der Waals surface area contributed by atoms with Gasteiger partial charge in [0.2, 0.25) is 0 Å². The number of carbonyl (C=O) groups is 1. The molecule has 0 saturated heterocycles. The first-order valence-corrected chi connectivity index (χ1v) is 8.96. The Kier molecular flexibility index (Phi) is 7.41. The fourth-order valence-electron chi connectivity index (χ4n) is 2.52. The average Bonchev–Trinajstić information content (AvgIpc) is 2.66. The zero-order chi connectivity index (χ0) is 18.9. The standard InChI is InChI=1S/C20H24N2O3S/c1-4-18(14-9-11-17(24-3)12-10-14)22-20(26)21-16-8-6-7-15(13-16)19(23)25-5-2/h6-13,18H,4-5H2,1-3H3,(H2,21,22,26). The van der Waals surface area contributed by atoms with E-state index < -0.39 is 0 Å². The predicted octanol–water partition coefficient (Wildman–Crippen LogP) is 4.31. The Balaban J connectivity index is 2.02. The van der Waals surface area contributed by atoms with Gasteiger partial charge in [-0.25, -0.2) is 4.79 Å². The molecule has 0 aliphatic heterocycles. The number of nitrogens with one attached hydrogen (secondary N) is 2. The highest BCUT2D eigenvalue weighted by Gasteiger charge is 2.12. The van der Waals surface area contributed by atoms with E-state index in [1.165, 1.54) is 0 Å². The molecule has 5 nitrogen and oxygen atoms in total. The maximum Gasteiger partial charge on any atom is 0.338 e. The molecular weight excluding hydrogens is 348 g/mol. The van der Waals surface area contributed by atoms with Gasteiger partial charge in [0.25, 0.3) is 0 Å². The number of anilines is 1. The van der Waals surface area contributed by atoms with Crippen LogP contribution in [0.15, 0.2) is 48.5 Å². The van der Waals surface area contributed by atoms with E-state index in [1.807, 2.05) is 30.3 Å². The molecule has 0 aromatic heterocycles. The van der Waals surface area contributed by atoms with Gasteiger partial charge in [0.15, 0.2) is 5.11 Å². The lowest BCUT2D eigenvalue weighted by atomic mass is 10.0. The largest absolute Gasteiger partial charge is 0.497 e. The van der Waals surface area contributed by atoms with Gasteiger partial charge in [-0.3, -0.25) is 0 Å². The van der Waals surface area contributed by atoms with Crippen molar-refractivity contribution in [3.8, 4) is 5.75 Å². The van der Waals surface area contributed by atoms with Crippen LogP contribution in [-0.4, -0.2) is 24.8 Å². The Bertz CT molecular complexity index is 747. The van der Waals surface area contributed by atoms with E-state index in [0.717, 1.165) is 23.4 Å². The van der Waals surface area contributed by atoms with Crippen molar-refractivity contribution in [2.75, 3.05) is 19.0 Å². The third kappa shape index (κ3) is 5.46. The van der Waals surface area contributed by atoms with Gasteiger partial charge in [-0.1, -0.05) is 25.1 Å². The topological polar surface area (TPSA) is 59.6 Å². The molecule has 6 heteroatoms. The van der Waals surface area contributed by atoms with E-state index >= 15 is 0 Å². The van der Waals surface area contributed by atoms with Gasteiger partial charge < -0.3 is 20.1 Å². The summed E-state index contributed by atoms with van der Waals surface area (Å²) in [6.45, 7) is 4.21. The van der Waals surface area contributed by atoms with Gasteiger partial charge in [-0.05, 0) is 61.5 Å². The minimum absolute atomic E-state index is 0.0779. The van der Waals surface area contributed by atoms with Crippen molar-refractivity contribution in [2.45, 2.75) is 26.3 Å². The summed E-state index contributed by atoms with van der Waals surface area (Å²) in [4.78, 5) is 11.8. The van der Waals surface area contributed by atoms with Gasteiger partial charge in [0.05, 0.1) is 25.3 Å². The Hall–Kier alpha value is -2.60. The number of benzene rings is 2. The number of ether oxygens (including phenoxy) is 2. The number of esters is 1. The maximum absolute atomic E-state index is 11.8. The van der Waals surface area contributed by atoms with Crippen molar-refractivity contribution in [1.29, 1.82) is 0 Å². The van der Waals surface area contributed by atoms with Crippen LogP contribution < -0.4 is 15.4 Å². The van der Waals surface area contributed by atoms with Crippen LogP contribution in [0.3, 0.4) is 0 Å². The summed E-state index contributed by atoms with van der Waals surface area (Å²) in [5, 5.41) is 6.92. The van der Waals surface area contributed by atoms with E-state index in [2.05, 4.69) is 17.6 Å². The SMILES string of the molecule is CCOC(=O)c1cccc(NC(=S)NC(CC)c2ccc(OC)cc2)c1. The van der Waals surface area contributed by atoms with Gasteiger partial charge >= 0.3 is 5.97 Å². The molecule has 0 aliphatic rings. The Labute approximate surface area is 159 Å². The molecule has 0 heterocycles. The number of rotatable bonds is 7. The van der Waals surface area contributed by atoms with E-state index in [4.69, 9.17) is 21.7 Å². The van der Waals surface area contributed by atoms with Crippen LogP contribution in [-0.2, 0) is 4.74 Å². The molecule has 0 bridgehead atoms. The smallest absolute Gasteiger partial charge is 0.338 e. The van der Waals surface area contributed by atoms with E-state index in [9.17, 15) is 4.79 Å². The summed E-state index contributed by atoms with van der Waals surface area (Å²) >= 11 is 5.42. The monoisotopic (exact) mass is 372 g/mol. The molecule has 26 heavy (non-hydrogen) atoms. The highest BCUT2D eigenvalue weighted by molar-refractivity contribution is 7.80. The van der Waals surface area contributed by atoms with Crippen LogP contribution in [0.5, 0.6) is 5.75 Å². The Morgan fingerprint density at radius 1 is 1.15 bits per heavy atom. The fourth-order valence-corrected chi connectivity index (χ4v) is 2.78. The molecule has 0 amide bonds. The summed E-state index contributed by atoms with van der Waals surface area (Å²) in [7, 11) is 1.65. The van der Waals surface area contributed by atoms with Crippen LogP contribution in [0, 0.1) is 0 Å². The molecule has 2 aromatic rings. The maximum atomic E-state index is 11.8. The highest BCUT2D eigenvalue weighted by atomic mass is 32.1. The molecule has 138 valence electrons. The minimum atomic E-state index is -0.348. The lowest BCUT2D eigenvalue weighted by molar-refractivity contribution is 0.0526. The second kappa shape index (κ2) is 9.77. The van der Waals surface area contributed by atoms with Crippen molar-refractivity contribution < 1.29 is 14.3 Å². The van der Waals surface area contributed by atoms with E-state index in [1.54, 1.807) is 32.2 Å². The molecule has 1 atom stereocenters. The molecule has 0 aliphatic carbocycles. The van der Waals surface area contributed by atoms with Crippen LogP contribution >= 0.6 is 12.2 Å². The molecule has 1 unspecified atom stereocenters. The molecule has 2 rings (SSSR count). The normalized spacial score (nSPS) is 11.3. The van der Waals surface area contributed by atoms with Crippen LogP contribution in [0.25, 0.3) is 0 Å². The highest BCUT2D eigenvalue weighted by Crippen LogP contribution is 2.20. The molecule has 2 aromatic carbocycles. The van der Waals surface area contributed by atoms with Gasteiger partial charge in [-0.15, -0.1) is 0 Å². The first-order chi connectivity index (χ1) is 12.6. The zero-order valence-electron chi connectivity index (χ0n) is 15.2. The fraction of sp³-hybridized carbons (Fsp3) is 0.300. The minimum Gasteiger partial charge on any atom is -0.497 e. The van der Waals surface area contributed by atoms with Gasteiger partial charge in [0, 0.05) is 5.69 Å². The molecular formula is C20H24N2O3S. The first kappa shape index (κ1) is 19.7. The molecule has 0 radical (unpaired) electrons. The molecule has 0 fully saturated rings. The number of hydrogen-bond acceptors (Lipinski definition) is 4. The second-order valence-corrected chi connectivity index (χ2v) is 6.04. The number of carbonyl (C=O) groups excluding carboxylic acids is 1. The summed E-state index contributed by atoms with van der Waals surface area (Å²) < 4.78 is 10.2. The van der Waals surface area contributed by atoms with Crippen molar-refractivity contribution in [1.82, 2.24) is 5.32 Å². The van der Waals surface area contributed by atoms with Gasteiger partial charge in [0.1, 0.15) is 5.75 Å². The summed E-state index contributed by atoms with van der Waals surface area (Å²) in [5.74, 6) is 0.472. The number of methoxy groups -OCH3 is 1. The van der Waals surface area contributed by atoms with Crippen molar-refractivity contribution in [3.63, 3.8) is 0 Å². The van der Waals surface area contributed by atoms with Crippen molar-refractivity contribution >= 4 is 29.0 Å². The summed E-state index contributed by atoms with van der Waals surface area (Å²) in [6, 6.07) is 15.1. The Morgan fingerprint density at radius 3 is 2.50 bits per heavy atom. The lowest BCUT2D eigenvalue weighted by Gasteiger charge is -2.20. The summed E-state index contributed by atoms with van der Waals surface area (Å²) in [5.41, 5.74) is 2.34. The van der Waals surface area contributed by atoms with Crippen LogP contribution in [0.2, 0.25) is 0 Å². The van der Waals surface area contributed by atoms with Gasteiger partial charge in [-0.2, -0.15) is 0 Å². The second-order valence-electron chi connectivity index (χ2n) is 5.63. The zero-order valence-corrected chi connectivity index (χ0v) is 16.1. The number of hydrogen-bond donors (Lipinski definition) is 2. The predicted molar refractivity (Wildman–Crippen MR) is 108 cm³/mol. The molecule has 0 spiro atoms. The number of thiocarbonyl (C=S) groups is 1. The quantitative estimate of drug-likeness (QED) is 0.558. The summed E-state index contributed by atoms with van der Waals surface area (Å²) in [6.07, 6.45) is 0.872. The third-order valence-corrected chi connectivity index (χ3v) is 4.08. The lowest BCUT2D eigenvalue weighted by Crippen LogP contribution is -2.32. The van der Waals surface area contributed by atoms with E-state index in [-0.39, 0.29) is 12.0 Å². The van der Waals surface area contributed by atoms with Crippen LogP contribution in [0.4, 0.5) is 5.69 Å². The van der Waals surface area contributed by atoms with Crippen LogP contribution in [0.1, 0.15) is 42.2 Å². The third-order valence-electron chi connectivity index (χ3n) is 3.86. The Morgan fingerprint density at radius 2 is 1.88 bits per heavy atom. The van der Waals surface area contributed by atoms with E-state index in [0.29, 0.717) is 17.3 Å². The van der Waals surface area contributed by atoms with Crippen molar-refractivity contribution in [2.24, 2.45) is 0 Å². The molecule has 2 N–H and O–H groups in total.